The van der Waals surface area contributed by atoms with Crippen LogP contribution in [-0.2, 0) is 10.4 Å². The number of phenols is 3. The van der Waals surface area contributed by atoms with Gasteiger partial charge in [-0.15, -0.1) is 10.2 Å². The number of anilines is 1. The highest BCUT2D eigenvalue weighted by Gasteiger charge is 2.12. The Bertz CT molecular complexity index is 2610. The van der Waals surface area contributed by atoms with Crippen LogP contribution in [0.25, 0.3) is 10.8 Å². The highest BCUT2D eigenvalue weighted by Crippen LogP contribution is 2.38. The number of carbonyl (C=O) groups excluding carboxylic acids is 1. The molecule has 0 fully saturated rings. The van der Waals surface area contributed by atoms with E-state index in [1.165, 1.54) is 24.3 Å². The first kappa shape index (κ1) is 36.2. The van der Waals surface area contributed by atoms with Crippen LogP contribution in [-0.4, -0.2) is 45.3 Å². The van der Waals surface area contributed by atoms with Crippen LogP contribution >= 0.6 is 0 Å². The van der Waals surface area contributed by atoms with E-state index in [0.29, 0.717) is 39.1 Å². The number of aromatic carboxylic acids is 1. The van der Waals surface area contributed by atoms with E-state index in [4.69, 9.17) is 9.66 Å². The van der Waals surface area contributed by atoms with Gasteiger partial charge in [0, 0.05) is 22.7 Å². The molecule has 0 saturated heterocycles. The number of azo groups is 3. The summed E-state index contributed by atoms with van der Waals surface area (Å²) >= 11 is 0. The fraction of sp³-hybridized carbons (Fsp3) is 0. The average molecular weight is 748 g/mol. The first-order chi connectivity index (χ1) is 25.8. The molecule has 6 rings (SSSR count). The summed E-state index contributed by atoms with van der Waals surface area (Å²) in [6, 6.07) is 28.0. The summed E-state index contributed by atoms with van der Waals surface area (Å²) in [6.07, 6.45) is 0. The van der Waals surface area contributed by atoms with Gasteiger partial charge >= 0.3 is 16.4 Å². The van der Waals surface area contributed by atoms with Crippen LogP contribution in [0.15, 0.2) is 146 Å². The molecule has 0 heterocycles. The fourth-order valence-corrected chi connectivity index (χ4v) is 5.12. The lowest BCUT2D eigenvalue weighted by Gasteiger charge is -2.06. The first-order valence-corrected chi connectivity index (χ1v) is 16.8. The van der Waals surface area contributed by atoms with E-state index in [9.17, 15) is 33.3 Å². The Morgan fingerprint density at radius 1 is 0.593 bits per heavy atom. The van der Waals surface area contributed by atoms with Crippen molar-refractivity contribution in [3.05, 3.63) is 126 Å². The SMILES string of the molecule is O=C(Nc1ccc(N=Nc2ccc3ccc(N=Nc4ccc(OS(=O)(=O)O)cc4O)cc3c2O)cc1)c1ccc(N=Nc2ccc(O)c(C(=O)O)c2)cc1. The third kappa shape index (κ3) is 9.01. The molecule has 0 radical (unpaired) electrons. The summed E-state index contributed by atoms with van der Waals surface area (Å²) in [5.74, 6) is -3.04. The van der Waals surface area contributed by atoms with Crippen LogP contribution in [0.4, 0.5) is 39.8 Å². The number of benzene rings is 6. The molecule has 54 heavy (non-hydrogen) atoms. The van der Waals surface area contributed by atoms with Gasteiger partial charge in [-0.3, -0.25) is 9.35 Å². The van der Waals surface area contributed by atoms with E-state index < -0.39 is 28.0 Å². The zero-order valence-corrected chi connectivity index (χ0v) is 28.2. The minimum atomic E-state index is -4.77. The van der Waals surface area contributed by atoms with Crippen molar-refractivity contribution >= 4 is 72.9 Å². The van der Waals surface area contributed by atoms with Crippen molar-refractivity contribution in [1.82, 2.24) is 0 Å². The minimum Gasteiger partial charge on any atom is -0.507 e. The number of carboxylic acid groups (broad SMARTS) is 1. The lowest BCUT2D eigenvalue weighted by Crippen LogP contribution is -2.11. The number of fused-ring (bicyclic) bond motifs is 1. The van der Waals surface area contributed by atoms with Crippen molar-refractivity contribution in [1.29, 1.82) is 0 Å². The maximum absolute atomic E-state index is 12.8. The topological polar surface area (TPSA) is 265 Å². The van der Waals surface area contributed by atoms with E-state index >= 15 is 0 Å². The number of hydrogen-bond donors (Lipinski definition) is 6. The molecule has 0 aliphatic carbocycles. The Kier molecular flexibility index (Phi) is 10.3. The number of nitrogens with one attached hydrogen (secondary N) is 1. The average Bonchev–Trinajstić information content (AvgIpc) is 3.14. The van der Waals surface area contributed by atoms with E-state index in [1.807, 2.05) is 0 Å². The standard InChI is InChI=1S/C36H25N7O10S/c44-32-16-12-26(18-29(32)36(48)49)40-38-23-5-2-21(3-6-23)35(47)37-22-8-10-24(11-9-22)39-43-31-14-4-20-1-7-25(17-28(20)34(31)46)41-42-30-15-13-27(19-33(30)45)53-54(50,51)52/h1-19,44-46H,(H,37,47)(H,48,49)(H,50,51,52). The van der Waals surface area contributed by atoms with Crippen molar-refractivity contribution in [2.75, 3.05) is 5.32 Å². The maximum atomic E-state index is 12.8. The van der Waals surface area contributed by atoms with Crippen LogP contribution < -0.4 is 9.50 Å². The van der Waals surface area contributed by atoms with Gasteiger partial charge in [0.15, 0.2) is 5.75 Å². The number of carbonyl (C=O) groups is 2. The zero-order chi connectivity index (χ0) is 38.4. The molecule has 6 aromatic carbocycles. The molecule has 0 unspecified atom stereocenters. The van der Waals surface area contributed by atoms with Gasteiger partial charge in [0.2, 0.25) is 0 Å². The summed E-state index contributed by atoms with van der Waals surface area (Å²) in [7, 11) is -4.77. The van der Waals surface area contributed by atoms with Gasteiger partial charge in [-0.2, -0.15) is 28.9 Å². The third-order valence-corrected chi connectivity index (χ3v) is 7.80. The van der Waals surface area contributed by atoms with Gasteiger partial charge in [-0.1, -0.05) is 12.1 Å². The maximum Gasteiger partial charge on any atom is 0.446 e. The summed E-state index contributed by atoms with van der Waals surface area (Å²) < 4.78 is 34.9. The van der Waals surface area contributed by atoms with Gasteiger partial charge in [0.1, 0.15) is 34.2 Å². The lowest BCUT2D eigenvalue weighted by atomic mass is 10.1. The Balaban J connectivity index is 1.08. The van der Waals surface area contributed by atoms with Gasteiger partial charge in [0.25, 0.3) is 5.91 Å². The highest BCUT2D eigenvalue weighted by molar-refractivity contribution is 7.81. The second-order valence-corrected chi connectivity index (χ2v) is 12.2. The first-order valence-electron chi connectivity index (χ1n) is 15.4. The predicted octanol–water partition coefficient (Wildman–Crippen LogP) is 9.33. The Morgan fingerprint density at radius 2 is 1.15 bits per heavy atom. The molecule has 17 nitrogen and oxygen atoms in total. The summed E-state index contributed by atoms with van der Waals surface area (Å²) in [5.41, 5.74) is 2.05. The molecule has 0 aliphatic heterocycles. The molecule has 0 bridgehead atoms. The van der Waals surface area contributed by atoms with Crippen molar-refractivity contribution < 1.29 is 47.2 Å². The van der Waals surface area contributed by atoms with E-state index in [1.54, 1.807) is 78.9 Å². The summed E-state index contributed by atoms with van der Waals surface area (Å²) in [4.78, 5) is 24.0. The van der Waals surface area contributed by atoms with Gasteiger partial charge in [-0.05, 0) is 102 Å². The molecule has 6 N–H and O–H groups in total. The number of nitrogens with zero attached hydrogens (tertiary/aromatic N) is 6. The Morgan fingerprint density at radius 3 is 1.83 bits per heavy atom. The Hall–Kier alpha value is -7.57. The molecule has 0 aliphatic rings. The second kappa shape index (κ2) is 15.4. The number of hydrogen-bond acceptors (Lipinski definition) is 14. The molecular weight excluding hydrogens is 723 g/mol. The number of rotatable bonds is 11. The van der Waals surface area contributed by atoms with Gasteiger partial charge in [-0.25, -0.2) is 4.79 Å². The molecule has 0 saturated carbocycles. The van der Waals surface area contributed by atoms with E-state index in [0.717, 1.165) is 12.1 Å². The summed E-state index contributed by atoms with van der Waals surface area (Å²) in [6.45, 7) is 0. The van der Waals surface area contributed by atoms with Crippen molar-refractivity contribution in [2.24, 2.45) is 30.7 Å². The number of amides is 1. The molecule has 1 amide bonds. The van der Waals surface area contributed by atoms with Crippen LogP contribution in [0.2, 0.25) is 0 Å². The second-order valence-electron chi connectivity index (χ2n) is 11.2. The largest absolute Gasteiger partial charge is 0.507 e. The molecule has 270 valence electrons. The molecule has 0 aromatic heterocycles. The Labute approximate surface area is 304 Å². The van der Waals surface area contributed by atoms with Gasteiger partial charge in [0.05, 0.1) is 22.7 Å². The van der Waals surface area contributed by atoms with Crippen molar-refractivity contribution in [3.63, 3.8) is 0 Å². The highest BCUT2D eigenvalue weighted by atomic mass is 32.3. The molecule has 6 aromatic rings. The lowest BCUT2D eigenvalue weighted by molar-refractivity contribution is 0.0693. The third-order valence-electron chi connectivity index (χ3n) is 7.40. The number of phenolic OH excluding ortho intramolecular Hbond substituents is 2. The van der Waals surface area contributed by atoms with Crippen molar-refractivity contribution in [3.8, 4) is 23.0 Å². The van der Waals surface area contributed by atoms with E-state index in [2.05, 4.69) is 40.2 Å². The fourth-order valence-electron chi connectivity index (χ4n) is 4.77. The smallest absolute Gasteiger partial charge is 0.446 e. The summed E-state index contributed by atoms with van der Waals surface area (Å²) in [5, 5.41) is 68.1. The quantitative estimate of drug-likeness (QED) is 0.0540. The molecular formula is C36H25N7O10S. The number of carboxylic acids is 1. The van der Waals surface area contributed by atoms with Crippen LogP contribution in [0.1, 0.15) is 20.7 Å². The normalized spacial score (nSPS) is 11.8. The predicted molar refractivity (Wildman–Crippen MR) is 194 cm³/mol. The van der Waals surface area contributed by atoms with Crippen LogP contribution in [0, 0.1) is 0 Å². The van der Waals surface area contributed by atoms with Crippen LogP contribution in [0.3, 0.4) is 0 Å². The minimum absolute atomic E-state index is 0.0164. The zero-order valence-electron chi connectivity index (χ0n) is 27.3. The molecule has 18 heteroatoms. The van der Waals surface area contributed by atoms with E-state index in [-0.39, 0.29) is 39.9 Å². The monoisotopic (exact) mass is 747 g/mol. The molecule has 0 spiro atoms. The van der Waals surface area contributed by atoms with Crippen LogP contribution in [0.5, 0.6) is 23.0 Å². The molecule has 0 atom stereocenters. The van der Waals surface area contributed by atoms with Gasteiger partial charge < -0.3 is 29.9 Å². The number of aromatic hydroxyl groups is 3. The van der Waals surface area contributed by atoms with Crippen molar-refractivity contribution in [2.45, 2.75) is 0 Å².